The Morgan fingerprint density at radius 3 is 2.81 bits per heavy atom. The summed E-state index contributed by atoms with van der Waals surface area (Å²) in [6.45, 7) is 1.18. The maximum absolute atomic E-state index is 13.8. The van der Waals surface area contributed by atoms with Gasteiger partial charge in [-0.15, -0.1) is 0 Å². The van der Waals surface area contributed by atoms with Crippen LogP contribution in [0.5, 0.6) is 11.5 Å². The summed E-state index contributed by atoms with van der Waals surface area (Å²) in [4.78, 5) is 30.3. The van der Waals surface area contributed by atoms with Crippen LogP contribution in [0.1, 0.15) is 11.3 Å². The maximum atomic E-state index is 13.8. The average Bonchev–Trinajstić information content (AvgIpc) is 3.21. The number of nitrogens with zero attached hydrogens (tertiary/aromatic N) is 2. The highest BCUT2D eigenvalue weighted by Gasteiger charge is 2.19. The van der Waals surface area contributed by atoms with Crippen LogP contribution in [0.2, 0.25) is 0 Å². The Morgan fingerprint density at radius 1 is 1.23 bits per heavy atom. The van der Waals surface area contributed by atoms with E-state index in [0.717, 1.165) is 0 Å². The number of aliphatic hydroxyl groups is 1. The Bertz CT molecular complexity index is 1210. The highest BCUT2D eigenvalue weighted by atomic mass is 19.1. The molecular formula is C22H20FN3O5. The van der Waals surface area contributed by atoms with E-state index in [1.807, 2.05) is 0 Å². The van der Waals surface area contributed by atoms with Gasteiger partial charge in [-0.05, 0) is 31.2 Å². The molecule has 2 N–H and O–H groups in total. The second kappa shape index (κ2) is 8.57. The predicted molar refractivity (Wildman–Crippen MR) is 111 cm³/mol. The number of benzene rings is 2. The molecule has 1 aliphatic rings. The lowest BCUT2D eigenvalue weighted by atomic mass is 10.1. The number of fused-ring (bicyclic) bond motifs is 1. The number of aliphatic hydroxyl groups excluding tert-OH is 1. The zero-order chi connectivity index (χ0) is 22.0. The molecule has 0 bridgehead atoms. The molecule has 0 saturated carbocycles. The highest BCUT2D eigenvalue weighted by Crippen LogP contribution is 2.34. The van der Waals surface area contributed by atoms with Crippen LogP contribution in [0.15, 0.2) is 47.3 Å². The number of halogens is 1. The van der Waals surface area contributed by atoms with Crippen LogP contribution in [-0.2, 0) is 17.8 Å². The molecule has 1 aliphatic heterocycles. The molecule has 0 aliphatic carbocycles. The van der Waals surface area contributed by atoms with Crippen LogP contribution in [0.25, 0.3) is 11.4 Å². The first-order valence-electron chi connectivity index (χ1n) is 9.63. The van der Waals surface area contributed by atoms with Gasteiger partial charge < -0.3 is 19.9 Å². The zero-order valence-corrected chi connectivity index (χ0v) is 16.7. The van der Waals surface area contributed by atoms with E-state index in [2.05, 4.69) is 10.3 Å². The van der Waals surface area contributed by atoms with Gasteiger partial charge in [-0.1, -0.05) is 12.1 Å². The third-order valence-corrected chi connectivity index (χ3v) is 4.87. The summed E-state index contributed by atoms with van der Waals surface area (Å²) in [6, 6.07) is 10.6. The second-order valence-electron chi connectivity index (χ2n) is 6.99. The molecule has 4 rings (SSSR count). The molecule has 0 unspecified atom stereocenters. The second-order valence-corrected chi connectivity index (χ2v) is 6.99. The van der Waals surface area contributed by atoms with E-state index < -0.39 is 17.3 Å². The van der Waals surface area contributed by atoms with E-state index in [9.17, 15) is 19.1 Å². The number of carbonyl (C=O) groups excluding carboxylic acids is 1. The van der Waals surface area contributed by atoms with Gasteiger partial charge in [0.2, 0.25) is 12.7 Å². The molecule has 2 aromatic carbocycles. The number of rotatable bonds is 6. The monoisotopic (exact) mass is 425 g/mol. The van der Waals surface area contributed by atoms with Crippen LogP contribution in [0.4, 0.5) is 10.1 Å². The first-order chi connectivity index (χ1) is 15.0. The molecule has 8 nitrogen and oxygen atoms in total. The van der Waals surface area contributed by atoms with Gasteiger partial charge in [0.1, 0.15) is 18.2 Å². The SMILES string of the molecule is Cc1nc(-c2cccc(F)c2)n(CC(=O)Nc2ccc3c(c2)OCO3)c(=O)c1CCO. The summed E-state index contributed by atoms with van der Waals surface area (Å²) in [6.07, 6.45) is 0.102. The Balaban J connectivity index is 1.69. The van der Waals surface area contributed by atoms with Crippen molar-refractivity contribution >= 4 is 11.6 Å². The fourth-order valence-electron chi connectivity index (χ4n) is 3.41. The molecule has 3 aromatic rings. The Morgan fingerprint density at radius 2 is 2.03 bits per heavy atom. The summed E-state index contributed by atoms with van der Waals surface area (Å²) < 4.78 is 25.5. The van der Waals surface area contributed by atoms with Crippen LogP contribution >= 0.6 is 0 Å². The lowest BCUT2D eigenvalue weighted by Gasteiger charge is -2.16. The number of amides is 1. The molecule has 0 fully saturated rings. The van der Waals surface area contributed by atoms with E-state index in [1.54, 1.807) is 31.2 Å². The van der Waals surface area contributed by atoms with Crippen molar-refractivity contribution in [1.29, 1.82) is 0 Å². The number of anilines is 1. The minimum absolute atomic E-state index is 0.102. The van der Waals surface area contributed by atoms with Gasteiger partial charge in [0.05, 0.1) is 0 Å². The molecular weight excluding hydrogens is 405 g/mol. The third-order valence-electron chi connectivity index (χ3n) is 4.87. The van der Waals surface area contributed by atoms with Crippen molar-refractivity contribution in [1.82, 2.24) is 9.55 Å². The number of hydrogen-bond donors (Lipinski definition) is 2. The van der Waals surface area contributed by atoms with E-state index in [4.69, 9.17) is 9.47 Å². The van der Waals surface area contributed by atoms with E-state index in [0.29, 0.717) is 34.0 Å². The highest BCUT2D eigenvalue weighted by molar-refractivity contribution is 5.91. The average molecular weight is 425 g/mol. The van der Waals surface area contributed by atoms with Crippen LogP contribution < -0.4 is 20.3 Å². The lowest BCUT2D eigenvalue weighted by molar-refractivity contribution is -0.116. The van der Waals surface area contributed by atoms with Gasteiger partial charge in [-0.2, -0.15) is 0 Å². The van der Waals surface area contributed by atoms with Gasteiger partial charge in [0, 0.05) is 41.6 Å². The fourth-order valence-corrected chi connectivity index (χ4v) is 3.41. The molecule has 0 saturated heterocycles. The topological polar surface area (TPSA) is 103 Å². The number of nitrogens with one attached hydrogen (secondary N) is 1. The predicted octanol–water partition coefficient (Wildman–Crippen LogP) is 2.26. The van der Waals surface area contributed by atoms with Gasteiger partial charge >= 0.3 is 0 Å². The van der Waals surface area contributed by atoms with Crippen LogP contribution in [-0.4, -0.2) is 34.0 Å². The van der Waals surface area contributed by atoms with Crippen molar-refractivity contribution in [2.75, 3.05) is 18.7 Å². The number of ether oxygens (including phenoxy) is 2. The molecule has 9 heteroatoms. The standard InChI is InChI=1S/C22H20FN3O5/c1-13-17(7-8-27)22(29)26(21(24-13)14-3-2-4-15(23)9-14)11-20(28)25-16-5-6-18-19(10-16)31-12-30-18/h2-6,9-10,27H,7-8,11-12H2,1H3,(H,25,28). The molecule has 2 heterocycles. The molecule has 0 radical (unpaired) electrons. The largest absolute Gasteiger partial charge is 0.454 e. The maximum Gasteiger partial charge on any atom is 0.257 e. The van der Waals surface area contributed by atoms with Crippen molar-refractivity contribution in [2.24, 2.45) is 0 Å². The lowest BCUT2D eigenvalue weighted by Crippen LogP contribution is -2.33. The quantitative estimate of drug-likeness (QED) is 0.628. The van der Waals surface area contributed by atoms with Gasteiger partial charge in [-0.3, -0.25) is 14.2 Å². The van der Waals surface area contributed by atoms with Crippen molar-refractivity contribution in [3.05, 3.63) is 69.9 Å². The Hall–Kier alpha value is -3.72. The summed E-state index contributed by atoms with van der Waals surface area (Å²) in [5.74, 6) is 0.306. The Kier molecular flexibility index (Phi) is 5.68. The van der Waals surface area contributed by atoms with Gasteiger partial charge in [0.25, 0.3) is 5.56 Å². The number of hydrogen-bond acceptors (Lipinski definition) is 6. The van der Waals surface area contributed by atoms with Gasteiger partial charge in [0.15, 0.2) is 11.5 Å². The van der Waals surface area contributed by atoms with Crippen molar-refractivity contribution < 1.29 is 23.8 Å². The molecule has 1 amide bonds. The summed E-state index contributed by atoms with van der Waals surface area (Å²) in [5, 5.41) is 12.0. The normalized spacial score (nSPS) is 12.1. The number of aromatic nitrogens is 2. The molecule has 0 spiro atoms. The van der Waals surface area contributed by atoms with Crippen LogP contribution in [0, 0.1) is 12.7 Å². The zero-order valence-electron chi connectivity index (χ0n) is 16.7. The van der Waals surface area contributed by atoms with Crippen molar-refractivity contribution in [3.63, 3.8) is 0 Å². The van der Waals surface area contributed by atoms with Gasteiger partial charge in [-0.25, -0.2) is 9.37 Å². The minimum atomic E-state index is -0.486. The summed E-state index contributed by atoms with van der Waals surface area (Å²) in [7, 11) is 0. The Labute approximate surface area is 176 Å². The number of carbonyl (C=O) groups is 1. The minimum Gasteiger partial charge on any atom is -0.454 e. The molecule has 0 atom stereocenters. The van der Waals surface area contributed by atoms with Crippen molar-refractivity contribution in [2.45, 2.75) is 19.9 Å². The van der Waals surface area contributed by atoms with Crippen LogP contribution in [0.3, 0.4) is 0 Å². The smallest absolute Gasteiger partial charge is 0.257 e. The number of aryl methyl sites for hydroxylation is 1. The molecule has 31 heavy (non-hydrogen) atoms. The first kappa shape index (κ1) is 20.5. The van der Waals surface area contributed by atoms with Crippen molar-refractivity contribution in [3.8, 4) is 22.9 Å². The molecule has 160 valence electrons. The van der Waals surface area contributed by atoms with E-state index in [-0.39, 0.29) is 32.2 Å². The fraction of sp³-hybridized carbons (Fsp3) is 0.227. The van der Waals surface area contributed by atoms with E-state index in [1.165, 1.54) is 22.8 Å². The summed E-state index contributed by atoms with van der Waals surface area (Å²) in [5.41, 5.74) is 1.11. The van der Waals surface area contributed by atoms with E-state index >= 15 is 0 Å². The third kappa shape index (κ3) is 4.26. The summed E-state index contributed by atoms with van der Waals surface area (Å²) >= 11 is 0. The first-order valence-corrected chi connectivity index (χ1v) is 9.63. The molecule has 1 aromatic heterocycles.